The molecular formula is C40H47N7O5S. The molecule has 53 heavy (non-hydrogen) atoms. The lowest BCUT2D eigenvalue weighted by molar-refractivity contribution is -0.125. The molecule has 0 aromatic heterocycles. The van der Waals surface area contributed by atoms with Crippen molar-refractivity contribution in [3.63, 3.8) is 0 Å². The number of thioether (sulfide) groups is 1. The van der Waals surface area contributed by atoms with Crippen molar-refractivity contribution in [3.8, 4) is 11.8 Å². The Morgan fingerprint density at radius 2 is 1.89 bits per heavy atom. The van der Waals surface area contributed by atoms with Crippen molar-refractivity contribution in [1.29, 1.82) is 0 Å². The fourth-order valence-electron chi connectivity index (χ4n) is 5.89. The largest absolute Gasteiger partial charge is 0.357 e. The topological polar surface area (TPSA) is 170 Å². The van der Waals surface area contributed by atoms with Gasteiger partial charge in [-0.1, -0.05) is 42.9 Å². The van der Waals surface area contributed by atoms with E-state index in [4.69, 9.17) is 11.0 Å². The second-order valence-corrected chi connectivity index (χ2v) is 13.7. The Hall–Kier alpha value is -5.29. The quantitative estimate of drug-likeness (QED) is 0.0193. The zero-order chi connectivity index (χ0) is 38.0. The molecule has 1 aliphatic rings. The zero-order valence-corrected chi connectivity index (χ0v) is 31.0. The van der Waals surface area contributed by atoms with Crippen molar-refractivity contribution in [1.82, 2.24) is 20.6 Å². The highest BCUT2D eigenvalue weighted by molar-refractivity contribution is 8.00. The number of hydroxylamine groups is 1. The first-order chi connectivity index (χ1) is 25.8. The molecule has 3 aromatic carbocycles. The Labute approximate surface area is 315 Å². The first-order valence-electron chi connectivity index (χ1n) is 17.6. The molecule has 13 heteroatoms. The minimum atomic E-state index is -0.675. The Bertz CT molecular complexity index is 1850. The molecule has 0 bridgehead atoms. The molecule has 0 saturated carbocycles. The molecule has 0 saturated heterocycles. The third kappa shape index (κ3) is 12.4. The van der Waals surface area contributed by atoms with Crippen molar-refractivity contribution in [2.75, 3.05) is 26.4 Å². The molecule has 4 rings (SSSR count). The van der Waals surface area contributed by atoms with Crippen molar-refractivity contribution >= 4 is 53.4 Å². The van der Waals surface area contributed by atoms with Gasteiger partial charge in [-0.05, 0) is 92.5 Å². The van der Waals surface area contributed by atoms with E-state index in [2.05, 4.69) is 63.5 Å². The van der Waals surface area contributed by atoms with Gasteiger partial charge in [-0.3, -0.25) is 24.6 Å². The number of benzene rings is 3. The molecule has 1 atom stereocenters. The number of hydrogen-bond acceptors (Lipinski definition) is 10. The number of nitrogens with one attached hydrogen (secondary N) is 2. The number of fused-ring (bicyclic) bond motifs is 1. The molecule has 0 spiro atoms. The number of carbonyl (C=O) groups is 4. The summed E-state index contributed by atoms with van der Waals surface area (Å²) in [7, 11) is 3.67. The van der Waals surface area contributed by atoms with E-state index in [0.717, 1.165) is 67.5 Å². The highest BCUT2D eigenvalue weighted by Crippen LogP contribution is 2.27. The van der Waals surface area contributed by atoms with Gasteiger partial charge in [0, 0.05) is 60.3 Å². The van der Waals surface area contributed by atoms with Gasteiger partial charge in [0.25, 0.3) is 11.8 Å². The minimum absolute atomic E-state index is 0.191. The number of rotatable bonds is 19. The number of hydrogen-bond donors (Lipinski definition) is 4. The van der Waals surface area contributed by atoms with E-state index in [0.29, 0.717) is 41.2 Å². The number of nitrogens with two attached hydrogens (primary N) is 1. The fourth-order valence-corrected chi connectivity index (χ4v) is 6.69. The summed E-state index contributed by atoms with van der Waals surface area (Å²) >= 11 is 1.60. The lowest BCUT2D eigenvalue weighted by atomic mass is 10.1. The number of likely N-dealkylation sites (N-methyl/N-ethyl adjacent to an activating group) is 1. The van der Waals surface area contributed by atoms with Gasteiger partial charge in [-0.15, -0.1) is 11.8 Å². The SMILES string of the molecule is CNC(=O)C(CCC=O)N1Cc2cc(C#CCCCCCCN(C)Cc3ccc(SC/C(C=Nc4cccc(C(=O)NO)c4)=N/N)cc3)ccc2C1=O. The summed E-state index contributed by atoms with van der Waals surface area (Å²) in [4.78, 5) is 57.2. The van der Waals surface area contributed by atoms with Gasteiger partial charge in [0.05, 0.1) is 17.6 Å². The molecular weight excluding hydrogens is 691 g/mol. The van der Waals surface area contributed by atoms with E-state index in [-0.39, 0.29) is 18.2 Å². The molecule has 12 nitrogen and oxygen atoms in total. The molecule has 0 radical (unpaired) electrons. The van der Waals surface area contributed by atoms with Crippen LogP contribution in [-0.4, -0.2) is 83.4 Å². The molecule has 278 valence electrons. The zero-order valence-electron chi connectivity index (χ0n) is 30.2. The molecule has 1 unspecified atom stereocenters. The monoisotopic (exact) mass is 737 g/mol. The van der Waals surface area contributed by atoms with Gasteiger partial charge in [0.1, 0.15) is 12.3 Å². The van der Waals surface area contributed by atoms with Crippen molar-refractivity contribution in [3.05, 3.63) is 94.5 Å². The van der Waals surface area contributed by atoms with Crippen LogP contribution in [0.3, 0.4) is 0 Å². The first-order valence-corrected chi connectivity index (χ1v) is 18.6. The van der Waals surface area contributed by atoms with Crippen LogP contribution < -0.4 is 16.6 Å². The first kappa shape index (κ1) is 40.5. The van der Waals surface area contributed by atoms with E-state index in [9.17, 15) is 19.2 Å². The maximum Gasteiger partial charge on any atom is 0.274 e. The van der Waals surface area contributed by atoms with E-state index in [1.54, 1.807) is 58.7 Å². The van der Waals surface area contributed by atoms with E-state index < -0.39 is 11.9 Å². The summed E-state index contributed by atoms with van der Waals surface area (Å²) in [6.07, 6.45) is 8.02. The van der Waals surface area contributed by atoms with Crippen LogP contribution >= 0.6 is 11.8 Å². The Balaban J connectivity index is 1.12. The van der Waals surface area contributed by atoms with Crippen LogP contribution in [0.1, 0.15) is 82.4 Å². The number of carbonyl (C=O) groups excluding carboxylic acids is 4. The summed E-state index contributed by atoms with van der Waals surface area (Å²) in [6, 6.07) is 19.9. The fraction of sp³-hybridized carbons (Fsp3) is 0.350. The number of aliphatic imine (C=N–C) groups is 1. The van der Waals surface area contributed by atoms with E-state index in [1.165, 1.54) is 12.6 Å². The van der Waals surface area contributed by atoms with Gasteiger partial charge >= 0.3 is 0 Å². The minimum Gasteiger partial charge on any atom is -0.357 e. The average Bonchev–Trinajstić information content (AvgIpc) is 3.50. The number of hydrazone groups is 1. The maximum absolute atomic E-state index is 13.0. The summed E-state index contributed by atoms with van der Waals surface area (Å²) in [5.41, 5.74) is 6.57. The van der Waals surface area contributed by atoms with Crippen molar-refractivity contribution < 1.29 is 24.4 Å². The van der Waals surface area contributed by atoms with Crippen LogP contribution in [0.15, 0.2) is 81.7 Å². The molecule has 0 aliphatic carbocycles. The van der Waals surface area contributed by atoms with Crippen LogP contribution in [-0.2, 0) is 22.7 Å². The Kier molecular flexibility index (Phi) is 16.3. The number of nitrogens with zero attached hydrogens (tertiary/aromatic N) is 4. The van der Waals surface area contributed by atoms with Gasteiger partial charge in [0.2, 0.25) is 5.91 Å². The van der Waals surface area contributed by atoms with Crippen LogP contribution in [0, 0.1) is 11.8 Å². The van der Waals surface area contributed by atoms with E-state index >= 15 is 0 Å². The lowest BCUT2D eigenvalue weighted by Gasteiger charge is -2.25. The second-order valence-electron chi connectivity index (χ2n) is 12.7. The number of aldehydes is 1. The second kappa shape index (κ2) is 21.3. The molecule has 3 amide bonds. The van der Waals surface area contributed by atoms with Crippen LogP contribution in [0.25, 0.3) is 0 Å². The molecule has 1 heterocycles. The highest BCUT2D eigenvalue weighted by Gasteiger charge is 2.35. The van der Waals surface area contributed by atoms with Gasteiger partial charge < -0.3 is 25.8 Å². The summed E-state index contributed by atoms with van der Waals surface area (Å²) in [6.45, 7) is 2.20. The van der Waals surface area contributed by atoms with E-state index in [1.807, 2.05) is 12.1 Å². The lowest BCUT2D eigenvalue weighted by Crippen LogP contribution is -2.46. The molecule has 0 fully saturated rings. The van der Waals surface area contributed by atoms with Gasteiger partial charge in [-0.2, -0.15) is 5.10 Å². The third-order valence-electron chi connectivity index (χ3n) is 8.75. The summed E-state index contributed by atoms with van der Waals surface area (Å²) in [5, 5.41) is 15.3. The van der Waals surface area contributed by atoms with Crippen LogP contribution in [0.4, 0.5) is 5.69 Å². The predicted octanol–water partition coefficient (Wildman–Crippen LogP) is 5.10. The third-order valence-corrected chi connectivity index (χ3v) is 9.79. The maximum atomic E-state index is 13.0. The normalized spacial score (nSPS) is 13.1. The summed E-state index contributed by atoms with van der Waals surface area (Å²) in [5.74, 6) is 11.5. The van der Waals surface area contributed by atoms with Crippen molar-refractivity contribution in [2.24, 2.45) is 15.9 Å². The van der Waals surface area contributed by atoms with Gasteiger partial charge in [-0.25, -0.2) is 5.48 Å². The highest BCUT2D eigenvalue weighted by atomic mass is 32.2. The van der Waals surface area contributed by atoms with Gasteiger partial charge in [0.15, 0.2) is 0 Å². The molecule has 1 aliphatic heterocycles. The van der Waals surface area contributed by atoms with Crippen LogP contribution in [0.5, 0.6) is 0 Å². The van der Waals surface area contributed by atoms with Crippen molar-refractivity contribution in [2.45, 2.75) is 69.0 Å². The Morgan fingerprint density at radius 1 is 1.09 bits per heavy atom. The Morgan fingerprint density at radius 3 is 2.62 bits per heavy atom. The average molecular weight is 738 g/mol. The predicted molar refractivity (Wildman–Crippen MR) is 208 cm³/mol. The van der Waals surface area contributed by atoms with Crippen LogP contribution in [0.2, 0.25) is 0 Å². The smallest absolute Gasteiger partial charge is 0.274 e. The molecule has 5 N–H and O–H groups in total. The molecule has 3 aromatic rings. The number of unbranched alkanes of at least 4 members (excludes halogenated alkanes) is 4. The standard InChI is InChI=1S/C40H47N7O5S/c1-42-39(50)37(14-10-22-48)47-27-32-23-29(17-20-36(32)40(47)51)11-7-5-3-4-6-8-21-46(2)26-30-15-18-35(19-16-30)53-28-34(44-41)25-43-33-13-9-12-31(24-33)38(49)45-52/h9,12-13,15-20,22-25,37,52H,3-6,8,10,14,21,26-28,41H2,1-2H3,(H,42,50)(H,45,49)/b43-25?,44-34+. The number of amides is 3. The summed E-state index contributed by atoms with van der Waals surface area (Å²) < 4.78 is 0.